The second-order valence-electron chi connectivity index (χ2n) is 8.21. The topological polar surface area (TPSA) is 150 Å². The largest absolute Gasteiger partial charge is 0.481 e. The fraction of sp³-hybridized carbons (Fsp3) is 0.500. The summed E-state index contributed by atoms with van der Waals surface area (Å²) in [6.45, 7) is 2.95. The zero-order valence-corrected chi connectivity index (χ0v) is 20.7. The van der Waals surface area contributed by atoms with Crippen LogP contribution in [0.1, 0.15) is 13.8 Å². The van der Waals surface area contributed by atoms with E-state index < -0.39 is 51.0 Å². The predicted octanol–water partition coefficient (Wildman–Crippen LogP) is 0.217. The summed E-state index contributed by atoms with van der Waals surface area (Å²) in [5.74, 6) is -1.82. The van der Waals surface area contributed by atoms with Crippen LogP contribution in [0.25, 0.3) is 0 Å². The lowest BCUT2D eigenvalue weighted by Crippen LogP contribution is -2.77. The molecule has 4 heterocycles. The Morgan fingerprint density at radius 2 is 2.15 bits per heavy atom. The van der Waals surface area contributed by atoms with Crippen molar-refractivity contribution in [3.8, 4) is 0 Å². The maximum atomic E-state index is 13.2. The SMILES string of the molecule is CC(=O)N(C1C(=O)N2CC(C(=O)O)(C(S)C3(C)N=CSN3)CS[C@H]12)n1cc(N)c(=O)c(Cl)c1. The first kappa shape index (κ1) is 24.3. The number of amides is 2. The fourth-order valence-corrected chi connectivity index (χ4v) is 7.42. The number of aliphatic carboxylic acids is 1. The molecule has 0 saturated carbocycles. The molecule has 11 nitrogen and oxygen atoms in total. The third-order valence-corrected chi connectivity index (χ3v) is 9.57. The molecule has 15 heteroatoms. The number of nitrogens with zero attached hydrogens (tertiary/aromatic N) is 4. The van der Waals surface area contributed by atoms with Crippen molar-refractivity contribution in [3.63, 3.8) is 0 Å². The molecule has 4 unspecified atom stereocenters. The van der Waals surface area contributed by atoms with Gasteiger partial charge in [0.05, 0.1) is 22.7 Å². The van der Waals surface area contributed by atoms with Gasteiger partial charge in [-0.2, -0.15) is 12.6 Å². The molecule has 1 aromatic rings. The van der Waals surface area contributed by atoms with Gasteiger partial charge in [0.2, 0.25) is 11.3 Å². The van der Waals surface area contributed by atoms with E-state index in [0.29, 0.717) is 0 Å². The lowest BCUT2D eigenvalue weighted by molar-refractivity contribution is -0.159. The molecule has 0 aromatic carbocycles. The maximum absolute atomic E-state index is 13.2. The molecular formula is C18H21ClN6O5S3. The summed E-state index contributed by atoms with van der Waals surface area (Å²) in [6, 6.07) is -0.913. The minimum absolute atomic E-state index is 0.0836. The fourth-order valence-electron chi connectivity index (χ4n) is 4.23. The molecule has 2 saturated heterocycles. The van der Waals surface area contributed by atoms with E-state index in [4.69, 9.17) is 17.3 Å². The maximum Gasteiger partial charge on any atom is 0.313 e. The van der Waals surface area contributed by atoms with Crippen molar-refractivity contribution in [1.82, 2.24) is 14.3 Å². The molecule has 5 atom stereocenters. The van der Waals surface area contributed by atoms with Crippen LogP contribution in [0.3, 0.4) is 0 Å². The van der Waals surface area contributed by atoms with Crippen LogP contribution >= 0.6 is 47.9 Å². The first-order valence-electron chi connectivity index (χ1n) is 9.70. The number of β-lactam (4-membered cyclic amide) rings is 1. The predicted molar refractivity (Wildman–Crippen MR) is 131 cm³/mol. The Morgan fingerprint density at radius 3 is 2.70 bits per heavy atom. The number of rotatable bonds is 5. The number of anilines is 1. The van der Waals surface area contributed by atoms with Gasteiger partial charge in [0.1, 0.15) is 21.5 Å². The van der Waals surface area contributed by atoms with Crippen molar-refractivity contribution in [2.45, 2.75) is 36.2 Å². The van der Waals surface area contributed by atoms with Crippen LogP contribution in [0.5, 0.6) is 0 Å². The average Bonchev–Trinajstić information content (AvgIpc) is 3.21. The van der Waals surface area contributed by atoms with Crippen LogP contribution in [0.2, 0.25) is 5.02 Å². The van der Waals surface area contributed by atoms with Gasteiger partial charge in [-0.15, -0.1) is 11.8 Å². The van der Waals surface area contributed by atoms with Crippen LogP contribution in [-0.2, 0) is 14.4 Å². The number of carboxylic acids is 1. The summed E-state index contributed by atoms with van der Waals surface area (Å²) >= 11 is 13.1. The number of nitrogens with two attached hydrogens (primary N) is 1. The van der Waals surface area contributed by atoms with E-state index in [9.17, 15) is 24.3 Å². The summed E-state index contributed by atoms with van der Waals surface area (Å²) in [5, 5.41) is 9.91. The lowest BCUT2D eigenvalue weighted by Gasteiger charge is -2.57. The summed E-state index contributed by atoms with van der Waals surface area (Å²) in [6.07, 6.45) is 2.45. The Kier molecular flexibility index (Phi) is 6.18. The molecule has 1 aromatic heterocycles. The van der Waals surface area contributed by atoms with Crippen molar-refractivity contribution in [2.24, 2.45) is 10.4 Å². The van der Waals surface area contributed by atoms with Crippen LogP contribution in [0.15, 0.2) is 22.2 Å². The summed E-state index contributed by atoms with van der Waals surface area (Å²) in [7, 11) is 0. The molecule has 33 heavy (non-hydrogen) atoms. The number of carbonyl (C=O) groups is 3. The van der Waals surface area contributed by atoms with Gasteiger partial charge in [-0.3, -0.25) is 28.8 Å². The van der Waals surface area contributed by atoms with Crippen LogP contribution in [0.4, 0.5) is 5.69 Å². The van der Waals surface area contributed by atoms with Crippen molar-refractivity contribution in [2.75, 3.05) is 23.0 Å². The molecular weight excluding hydrogens is 512 g/mol. The molecule has 178 valence electrons. The molecule has 0 radical (unpaired) electrons. The average molecular weight is 533 g/mol. The Labute approximate surface area is 207 Å². The highest BCUT2D eigenvalue weighted by Crippen LogP contribution is 2.49. The number of fused-ring (bicyclic) bond motifs is 1. The first-order valence-corrected chi connectivity index (χ1v) is 12.5. The van der Waals surface area contributed by atoms with Crippen molar-refractivity contribution in [1.29, 1.82) is 0 Å². The van der Waals surface area contributed by atoms with Gasteiger partial charge in [-0.1, -0.05) is 11.6 Å². The number of carbonyl (C=O) groups excluding carboxylic acids is 2. The molecule has 0 aliphatic carbocycles. The smallest absolute Gasteiger partial charge is 0.313 e. The third kappa shape index (κ3) is 3.71. The van der Waals surface area contributed by atoms with Crippen molar-refractivity contribution < 1.29 is 19.5 Å². The van der Waals surface area contributed by atoms with E-state index in [1.807, 2.05) is 0 Å². The van der Waals surface area contributed by atoms with Gasteiger partial charge in [-0.05, 0) is 18.9 Å². The number of aliphatic imine (C=N–C) groups is 1. The molecule has 4 rings (SSSR count). The van der Waals surface area contributed by atoms with Gasteiger partial charge in [0.25, 0.3) is 5.91 Å². The standard InChI is InChI=1S/C18H21ClN6O5S3/c1-8(26)25(23-3-9(19)12(27)10(20)4-23)11-13(28)24-5-18(16(29)30,6-32-14(11)24)15(31)17(2)21-7-33-22-17/h3-4,7,11,14-15,22,31H,5-6,20H2,1-2H3,(H,29,30)/t11?,14-,15?,17?,18?/m1/s1. The van der Waals surface area contributed by atoms with Gasteiger partial charge in [0.15, 0.2) is 6.04 Å². The number of pyridine rings is 1. The number of hydrogen-bond donors (Lipinski definition) is 4. The second-order valence-corrected chi connectivity index (χ2v) is 10.9. The van der Waals surface area contributed by atoms with E-state index in [1.54, 1.807) is 12.5 Å². The monoisotopic (exact) mass is 532 g/mol. The molecule has 2 fully saturated rings. The molecule has 0 bridgehead atoms. The highest BCUT2D eigenvalue weighted by Gasteiger charge is 2.63. The number of aromatic nitrogens is 1. The molecule has 3 aliphatic heterocycles. The van der Waals surface area contributed by atoms with Gasteiger partial charge in [0, 0.05) is 25.4 Å². The van der Waals surface area contributed by atoms with Gasteiger partial charge < -0.3 is 15.7 Å². The van der Waals surface area contributed by atoms with Crippen LogP contribution in [0, 0.1) is 5.41 Å². The van der Waals surface area contributed by atoms with E-state index in [-0.39, 0.29) is 23.0 Å². The van der Waals surface area contributed by atoms with E-state index in [1.165, 1.54) is 57.6 Å². The zero-order valence-electron chi connectivity index (χ0n) is 17.5. The van der Waals surface area contributed by atoms with Crippen molar-refractivity contribution >= 4 is 77.0 Å². The third-order valence-electron chi connectivity index (χ3n) is 6.03. The Balaban J connectivity index is 1.63. The van der Waals surface area contributed by atoms with Crippen LogP contribution in [-0.4, -0.2) is 72.6 Å². The quantitative estimate of drug-likeness (QED) is 0.237. The Bertz CT molecular complexity index is 1110. The summed E-state index contributed by atoms with van der Waals surface area (Å²) in [4.78, 5) is 55.8. The van der Waals surface area contributed by atoms with E-state index in [0.717, 1.165) is 0 Å². The number of thiol groups is 1. The molecule has 3 aliphatic rings. The first-order chi connectivity index (χ1) is 15.4. The number of halogens is 1. The van der Waals surface area contributed by atoms with Gasteiger partial charge in [-0.25, -0.2) is 9.73 Å². The van der Waals surface area contributed by atoms with Gasteiger partial charge >= 0.3 is 5.97 Å². The highest BCUT2D eigenvalue weighted by atomic mass is 35.5. The number of nitrogens with one attached hydrogen (secondary N) is 1. The minimum atomic E-state index is -1.37. The summed E-state index contributed by atoms with van der Waals surface area (Å²) in [5.41, 5.74) is 4.25. The van der Waals surface area contributed by atoms with Crippen LogP contribution < -0.4 is 20.9 Å². The summed E-state index contributed by atoms with van der Waals surface area (Å²) < 4.78 is 4.31. The minimum Gasteiger partial charge on any atom is -0.481 e. The molecule has 0 spiro atoms. The zero-order chi connectivity index (χ0) is 24.3. The Hall–Kier alpha value is -1.87. The van der Waals surface area contributed by atoms with Crippen molar-refractivity contribution in [3.05, 3.63) is 27.6 Å². The van der Waals surface area contributed by atoms with E-state index >= 15 is 0 Å². The molecule has 4 N–H and O–H groups in total. The number of hydrogen-bond acceptors (Lipinski definition) is 10. The molecule has 2 amide bonds. The number of nitrogen functional groups attached to an aromatic ring is 1. The Morgan fingerprint density at radius 1 is 1.45 bits per heavy atom. The normalized spacial score (nSPS) is 31.6. The number of carboxylic acid groups (broad SMARTS) is 1. The second kappa shape index (κ2) is 8.41. The van der Waals surface area contributed by atoms with E-state index in [2.05, 4.69) is 22.3 Å². The number of thioether (sulfide) groups is 1. The lowest BCUT2D eigenvalue weighted by atomic mass is 9.78. The highest BCUT2D eigenvalue weighted by molar-refractivity contribution is 8.10.